The number of carbonyl (C=O) groups excluding carboxylic acids is 1. The van der Waals surface area contributed by atoms with Crippen LogP contribution < -0.4 is 15.4 Å². The lowest BCUT2D eigenvalue weighted by molar-refractivity contribution is 0.102. The van der Waals surface area contributed by atoms with E-state index in [1.165, 1.54) is 0 Å². The van der Waals surface area contributed by atoms with Gasteiger partial charge in [-0.15, -0.1) is 0 Å². The number of nitrogens with one attached hydrogen (secondary N) is 2. The zero-order chi connectivity index (χ0) is 19.6. The van der Waals surface area contributed by atoms with Crippen molar-refractivity contribution >= 4 is 17.3 Å². The molecule has 2 aromatic carbocycles. The molecular formula is C23H25N3O2. The smallest absolute Gasteiger partial charge is 0.274 e. The molecule has 3 rings (SSSR count). The Morgan fingerprint density at radius 1 is 0.964 bits per heavy atom. The van der Waals surface area contributed by atoms with E-state index in [4.69, 9.17) is 4.74 Å². The highest BCUT2D eigenvalue weighted by molar-refractivity contribution is 6.02. The van der Waals surface area contributed by atoms with Crippen LogP contribution in [-0.4, -0.2) is 17.4 Å². The van der Waals surface area contributed by atoms with Crippen molar-refractivity contribution in [2.24, 2.45) is 0 Å². The number of hydrogen-bond acceptors (Lipinski definition) is 4. The number of pyridine rings is 1. The van der Waals surface area contributed by atoms with Crippen molar-refractivity contribution in [3.8, 4) is 5.75 Å². The van der Waals surface area contributed by atoms with Gasteiger partial charge in [-0.05, 0) is 48.4 Å². The SMILES string of the molecule is CCCCNc1ccc(C(=O)Nc2ccc(OCc3ccccc3)cc2)nc1. The van der Waals surface area contributed by atoms with E-state index in [2.05, 4.69) is 22.5 Å². The van der Waals surface area contributed by atoms with Crippen LogP contribution in [0.4, 0.5) is 11.4 Å². The minimum Gasteiger partial charge on any atom is -0.489 e. The fourth-order valence-electron chi connectivity index (χ4n) is 2.61. The van der Waals surface area contributed by atoms with Crippen molar-refractivity contribution in [1.29, 1.82) is 0 Å². The number of hydrogen-bond donors (Lipinski definition) is 2. The Bertz CT molecular complexity index is 863. The summed E-state index contributed by atoms with van der Waals surface area (Å²) in [6, 6.07) is 20.9. The van der Waals surface area contributed by atoms with Gasteiger partial charge in [0, 0.05) is 12.2 Å². The van der Waals surface area contributed by atoms with Crippen LogP contribution in [0.25, 0.3) is 0 Å². The highest BCUT2D eigenvalue weighted by atomic mass is 16.5. The predicted octanol–water partition coefficient (Wildman–Crippen LogP) is 5.12. The van der Waals surface area contributed by atoms with E-state index in [9.17, 15) is 4.79 Å². The van der Waals surface area contributed by atoms with Gasteiger partial charge in [-0.2, -0.15) is 0 Å². The van der Waals surface area contributed by atoms with Gasteiger partial charge in [-0.3, -0.25) is 4.79 Å². The van der Waals surface area contributed by atoms with Crippen molar-refractivity contribution in [1.82, 2.24) is 4.98 Å². The molecule has 0 saturated heterocycles. The lowest BCUT2D eigenvalue weighted by Crippen LogP contribution is -2.13. The van der Waals surface area contributed by atoms with Gasteiger partial charge in [0.1, 0.15) is 18.1 Å². The van der Waals surface area contributed by atoms with Crippen LogP contribution in [0.2, 0.25) is 0 Å². The van der Waals surface area contributed by atoms with E-state index >= 15 is 0 Å². The average molecular weight is 375 g/mol. The predicted molar refractivity (Wildman–Crippen MR) is 113 cm³/mol. The minimum absolute atomic E-state index is 0.238. The fraction of sp³-hybridized carbons (Fsp3) is 0.217. The zero-order valence-corrected chi connectivity index (χ0v) is 16.0. The maximum atomic E-state index is 12.4. The van der Waals surface area contributed by atoms with Gasteiger partial charge in [0.25, 0.3) is 5.91 Å². The van der Waals surface area contributed by atoms with E-state index in [1.54, 1.807) is 12.3 Å². The van der Waals surface area contributed by atoms with E-state index < -0.39 is 0 Å². The molecule has 2 N–H and O–H groups in total. The highest BCUT2D eigenvalue weighted by Gasteiger charge is 2.08. The molecule has 0 aliphatic rings. The van der Waals surface area contributed by atoms with Crippen LogP contribution in [0.5, 0.6) is 5.75 Å². The second-order valence-corrected chi connectivity index (χ2v) is 6.47. The molecule has 1 heterocycles. The van der Waals surface area contributed by atoms with Crippen molar-refractivity contribution in [3.05, 3.63) is 84.2 Å². The molecule has 0 aliphatic carbocycles. The molecule has 5 heteroatoms. The van der Waals surface area contributed by atoms with Crippen LogP contribution in [0.15, 0.2) is 72.9 Å². The van der Waals surface area contributed by atoms with E-state index in [0.29, 0.717) is 18.0 Å². The molecule has 3 aromatic rings. The molecule has 0 fully saturated rings. The summed E-state index contributed by atoms with van der Waals surface area (Å²) < 4.78 is 5.76. The second kappa shape index (κ2) is 10.1. The van der Waals surface area contributed by atoms with Crippen LogP contribution in [-0.2, 0) is 6.61 Å². The highest BCUT2D eigenvalue weighted by Crippen LogP contribution is 2.18. The normalized spacial score (nSPS) is 10.3. The molecule has 0 saturated carbocycles. The summed E-state index contributed by atoms with van der Waals surface area (Å²) in [5.41, 5.74) is 3.11. The molecule has 0 radical (unpaired) electrons. The zero-order valence-electron chi connectivity index (χ0n) is 16.0. The van der Waals surface area contributed by atoms with Crippen molar-refractivity contribution in [2.75, 3.05) is 17.2 Å². The van der Waals surface area contributed by atoms with Gasteiger partial charge >= 0.3 is 0 Å². The standard InChI is InChI=1S/C23H25N3O2/c1-2-3-15-24-20-11-14-22(25-16-20)23(27)26-19-9-12-21(13-10-19)28-17-18-7-5-4-6-8-18/h4-14,16,24H,2-3,15,17H2,1H3,(H,26,27). The summed E-state index contributed by atoms with van der Waals surface area (Å²) in [7, 11) is 0. The largest absolute Gasteiger partial charge is 0.489 e. The summed E-state index contributed by atoms with van der Waals surface area (Å²) in [5, 5.41) is 6.14. The quantitative estimate of drug-likeness (QED) is 0.509. The third kappa shape index (κ3) is 5.84. The molecule has 0 spiro atoms. The van der Waals surface area contributed by atoms with Crippen molar-refractivity contribution < 1.29 is 9.53 Å². The Morgan fingerprint density at radius 3 is 2.39 bits per heavy atom. The lowest BCUT2D eigenvalue weighted by atomic mass is 10.2. The lowest BCUT2D eigenvalue weighted by Gasteiger charge is -2.09. The van der Waals surface area contributed by atoms with Crippen LogP contribution in [0, 0.1) is 0 Å². The van der Waals surface area contributed by atoms with Crippen LogP contribution in [0.1, 0.15) is 35.8 Å². The van der Waals surface area contributed by atoms with Crippen LogP contribution in [0.3, 0.4) is 0 Å². The summed E-state index contributed by atoms with van der Waals surface area (Å²) >= 11 is 0. The molecule has 1 amide bonds. The molecule has 5 nitrogen and oxygen atoms in total. The van der Waals surface area contributed by atoms with Gasteiger partial charge in [-0.1, -0.05) is 43.7 Å². The van der Waals surface area contributed by atoms with Crippen molar-refractivity contribution in [2.45, 2.75) is 26.4 Å². The molecular weight excluding hydrogens is 350 g/mol. The number of unbranched alkanes of at least 4 members (excludes halogenated alkanes) is 1. The first-order chi connectivity index (χ1) is 13.7. The summed E-state index contributed by atoms with van der Waals surface area (Å²) in [5.74, 6) is 0.514. The Morgan fingerprint density at radius 2 is 1.71 bits per heavy atom. The Labute approximate surface area is 165 Å². The first kappa shape index (κ1) is 19.4. The number of ether oxygens (including phenoxy) is 1. The van der Waals surface area contributed by atoms with Gasteiger partial charge < -0.3 is 15.4 Å². The molecule has 1 aromatic heterocycles. The third-order valence-corrected chi connectivity index (χ3v) is 4.22. The average Bonchev–Trinajstić information content (AvgIpc) is 2.75. The first-order valence-electron chi connectivity index (χ1n) is 9.52. The topological polar surface area (TPSA) is 63.2 Å². The molecule has 144 valence electrons. The maximum absolute atomic E-state index is 12.4. The van der Waals surface area contributed by atoms with Crippen LogP contribution >= 0.6 is 0 Å². The number of aromatic nitrogens is 1. The number of anilines is 2. The molecule has 0 atom stereocenters. The summed E-state index contributed by atoms with van der Waals surface area (Å²) in [4.78, 5) is 16.6. The first-order valence-corrected chi connectivity index (χ1v) is 9.52. The number of rotatable bonds is 9. The minimum atomic E-state index is -0.238. The second-order valence-electron chi connectivity index (χ2n) is 6.47. The molecule has 0 bridgehead atoms. The van der Waals surface area contributed by atoms with Gasteiger partial charge in [0.2, 0.25) is 0 Å². The van der Waals surface area contributed by atoms with Gasteiger partial charge in [0.05, 0.1) is 11.9 Å². The van der Waals surface area contributed by atoms with E-state index in [0.717, 1.165) is 36.4 Å². The van der Waals surface area contributed by atoms with Crippen molar-refractivity contribution in [3.63, 3.8) is 0 Å². The summed E-state index contributed by atoms with van der Waals surface area (Å²) in [6.07, 6.45) is 3.93. The Hall–Kier alpha value is -3.34. The number of benzene rings is 2. The van der Waals surface area contributed by atoms with Gasteiger partial charge in [-0.25, -0.2) is 4.98 Å². The van der Waals surface area contributed by atoms with Gasteiger partial charge in [0.15, 0.2) is 0 Å². The van der Waals surface area contributed by atoms with E-state index in [-0.39, 0.29) is 5.91 Å². The fourth-order valence-corrected chi connectivity index (χ4v) is 2.61. The number of nitrogens with zero attached hydrogens (tertiary/aromatic N) is 1. The third-order valence-electron chi connectivity index (χ3n) is 4.22. The molecule has 28 heavy (non-hydrogen) atoms. The Balaban J connectivity index is 1.51. The van der Waals surface area contributed by atoms with E-state index in [1.807, 2.05) is 60.7 Å². The number of amides is 1. The molecule has 0 unspecified atom stereocenters. The summed E-state index contributed by atoms with van der Waals surface area (Å²) in [6.45, 7) is 3.56. The number of carbonyl (C=O) groups is 1. The molecule has 0 aliphatic heterocycles. The Kier molecular flexibility index (Phi) is 7.01. The maximum Gasteiger partial charge on any atom is 0.274 e. The monoisotopic (exact) mass is 375 g/mol.